The first kappa shape index (κ1) is 38.9. The molecule has 10 aromatic carbocycles. The van der Waals surface area contributed by atoms with Crippen LogP contribution in [0.15, 0.2) is 227 Å². The molecule has 15 aromatic rings. The molecule has 0 radical (unpaired) electrons. The average molecular weight is 913 g/mol. The van der Waals surface area contributed by atoms with Crippen molar-refractivity contribution >= 4 is 97.2 Å². The molecule has 0 saturated heterocycles. The predicted molar refractivity (Wildman–Crippen MR) is 289 cm³/mol. The van der Waals surface area contributed by atoms with Gasteiger partial charge < -0.3 is 13.4 Å². The molecule has 15 rings (SSSR count). The fraction of sp³-hybridized carbons (Fsp3) is 0. The van der Waals surface area contributed by atoms with Gasteiger partial charge in [-0.05, 0) is 107 Å². The smallest absolute Gasteiger partial charge is 0.164 e. The van der Waals surface area contributed by atoms with Crippen molar-refractivity contribution in [3.05, 3.63) is 218 Å². The van der Waals surface area contributed by atoms with E-state index in [1.54, 1.807) is 0 Å². The highest BCUT2D eigenvalue weighted by molar-refractivity contribution is 7.25. The summed E-state index contributed by atoms with van der Waals surface area (Å²) >= 11 is 1.83. The van der Waals surface area contributed by atoms with E-state index in [2.05, 4.69) is 180 Å². The number of benzene rings is 10. The van der Waals surface area contributed by atoms with E-state index in [1.165, 1.54) is 47.5 Å². The Hall–Kier alpha value is -9.17. The number of para-hydroxylation sites is 2. The molecule has 0 unspecified atom stereocenters. The molecule has 0 amide bonds. The van der Waals surface area contributed by atoms with Gasteiger partial charge in [0.25, 0.3) is 0 Å². The number of hydrogen-bond acceptors (Lipinski definition) is 6. The summed E-state index contributed by atoms with van der Waals surface area (Å²) in [4.78, 5) is 15.6. The van der Waals surface area contributed by atoms with E-state index in [9.17, 15) is 0 Å². The normalized spacial score (nSPS) is 12.0. The fourth-order valence-electron chi connectivity index (χ4n) is 10.6. The highest BCUT2D eigenvalue weighted by Crippen LogP contribution is 2.43. The summed E-state index contributed by atoms with van der Waals surface area (Å²) in [6.07, 6.45) is 0. The first-order valence-corrected chi connectivity index (χ1v) is 24.2. The molecule has 0 aliphatic heterocycles. The lowest BCUT2D eigenvalue weighted by atomic mass is 9.98. The molecule has 0 atom stereocenters. The number of fused-ring (bicyclic) bond motifs is 12. The van der Waals surface area contributed by atoms with Crippen molar-refractivity contribution in [2.24, 2.45) is 0 Å². The van der Waals surface area contributed by atoms with Crippen LogP contribution in [0.3, 0.4) is 0 Å². The lowest BCUT2D eigenvalue weighted by Gasteiger charge is -2.09. The first-order chi connectivity index (χ1) is 34.7. The summed E-state index contributed by atoms with van der Waals surface area (Å²) in [5, 5.41) is 9.01. The second-order valence-corrected chi connectivity index (χ2v) is 19.0. The Balaban J connectivity index is 0.859. The van der Waals surface area contributed by atoms with Crippen LogP contribution in [-0.2, 0) is 0 Å². The second kappa shape index (κ2) is 15.2. The standard InChI is InChI=1S/C63H36N4O2S/c1-3-13-37(14-4-1)61-64-62(41-26-30-46-45-29-25-40(35-55(45)69-56(46)36-41)43-19-12-24-58-60(43)47-18-8-10-23-57(47)70-58)66-63(65-61)48-20-11-22-54-59(48)50-34-39(28-32-53(50)68-54)38-27-31-52-49(33-38)44-17-7-9-21-51(44)67(52)42-15-5-2-6-16-42/h1-36H. The molecule has 0 aliphatic rings. The van der Waals surface area contributed by atoms with Crippen LogP contribution in [0.4, 0.5) is 0 Å². The molecule has 0 N–H and O–H groups in total. The van der Waals surface area contributed by atoms with Crippen molar-refractivity contribution < 1.29 is 8.83 Å². The zero-order valence-corrected chi connectivity index (χ0v) is 38.1. The van der Waals surface area contributed by atoms with E-state index in [0.717, 1.165) is 82.9 Å². The Morgan fingerprint density at radius 1 is 0.314 bits per heavy atom. The monoisotopic (exact) mass is 912 g/mol. The van der Waals surface area contributed by atoms with Gasteiger partial charge in [-0.15, -0.1) is 11.3 Å². The Morgan fingerprint density at radius 2 is 0.914 bits per heavy atom. The van der Waals surface area contributed by atoms with Gasteiger partial charge in [0.2, 0.25) is 0 Å². The highest BCUT2D eigenvalue weighted by atomic mass is 32.1. The van der Waals surface area contributed by atoms with E-state index < -0.39 is 0 Å². The van der Waals surface area contributed by atoms with Gasteiger partial charge in [-0.1, -0.05) is 133 Å². The van der Waals surface area contributed by atoms with Gasteiger partial charge in [0, 0.05) is 74.9 Å². The number of hydrogen-bond donors (Lipinski definition) is 0. The fourth-order valence-corrected chi connectivity index (χ4v) is 11.8. The molecule has 5 aromatic heterocycles. The molecular weight excluding hydrogens is 877 g/mol. The Kier molecular flexibility index (Phi) is 8.43. The van der Waals surface area contributed by atoms with Gasteiger partial charge in [-0.3, -0.25) is 0 Å². The van der Waals surface area contributed by atoms with Crippen LogP contribution in [0.5, 0.6) is 0 Å². The molecular formula is C63H36N4O2S. The highest BCUT2D eigenvalue weighted by Gasteiger charge is 2.21. The molecule has 0 saturated carbocycles. The lowest BCUT2D eigenvalue weighted by molar-refractivity contribution is 0.668. The van der Waals surface area contributed by atoms with E-state index in [-0.39, 0.29) is 0 Å². The van der Waals surface area contributed by atoms with Crippen LogP contribution in [0.1, 0.15) is 0 Å². The summed E-state index contributed by atoms with van der Waals surface area (Å²) in [5.41, 5.74) is 13.8. The van der Waals surface area contributed by atoms with Gasteiger partial charge in [0.15, 0.2) is 17.5 Å². The molecule has 5 heterocycles. The van der Waals surface area contributed by atoms with Crippen molar-refractivity contribution in [3.63, 3.8) is 0 Å². The van der Waals surface area contributed by atoms with Crippen LogP contribution in [0.2, 0.25) is 0 Å². The zero-order chi connectivity index (χ0) is 45.9. The third-order valence-corrected chi connectivity index (χ3v) is 15.0. The zero-order valence-electron chi connectivity index (χ0n) is 37.3. The molecule has 0 fully saturated rings. The quantitative estimate of drug-likeness (QED) is 0.166. The topological polar surface area (TPSA) is 69.9 Å². The molecule has 0 aliphatic carbocycles. The molecule has 0 spiro atoms. The maximum Gasteiger partial charge on any atom is 0.164 e. The van der Waals surface area contributed by atoms with Crippen LogP contribution >= 0.6 is 11.3 Å². The molecule has 0 bridgehead atoms. The third kappa shape index (κ3) is 6.02. The number of thiophene rings is 1. The number of rotatable bonds is 6. The second-order valence-electron chi connectivity index (χ2n) is 17.9. The number of furan rings is 2. The minimum Gasteiger partial charge on any atom is -0.456 e. The SMILES string of the molecule is c1ccc(-c2nc(-c3ccc4c(c3)oc3cc(-c5cccc6sc7ccccc7c56)ccc34)nc(-c3cccc4oc5ccc(-c6ccc7c(c6)c6ccccc6n7-c6ccccc6)cc5c34)n2)cc1. The number of aromatic nitrogens is 4. The average Bonchev–Trinajstić information content (AvgIpc) is 4.19. The maximum absolute atomic E-state index is 6.71. The minimum atomic E-state index is 0.552. The van der Waals surface area contributed by atoms with Crippen LogP contribution < -0.4 is 0 Å². The summed E-state index contributed by atoms with van der Waals surface area (Å²) in [7, 11) is 0. The van der Waals surface area contributed by atoms with E-state index in [4.69, 9.17) is 23.8 Å². The van der Waals surface area contributed by atoms with Crippen molar-refractivity contribution in [2.75, 3.05) is 0 Å². The van der Waals surface area contributed by atoms with Gasteiger partial charge in [0.1, 0.15) is 22.3 Å². The molecule has 7 heteroatoms. The molecule has 6 nitrogen and oxygen atoms in total. The Bertz CT molecular complexity index is 4600. The maximum atomic E-state index is 6.71. The van der Waals surface area contributed by atoms with Crippen LogP contribution in [-0.4, -0.2) is 19.5 Å². The summed E-state index contributed by atoms with van der Waals surface area (Å²) in [5.74, 6) is 1.69. The van der Waals surface area contributed by atoms with Gasteiger partial charge in [-0.25, -0.2) is 15.0 Å². The van der Waals surface area contributed by atoms with Gasteiger partial charge in [0.05, 0.1) is 11.0 Å². The van der Waals surface area contributed by atoms with Crippen molar-refractivity contribution in [1.82, 2.24) is 19.5 Å². The Labute approximate surface area is 404 Å². The van der Waals surface area contributed by atoms with E-state index in [1.807, 2.05) is 53.8 Å². The van der Waals surface area contributed by atoms with E-state index in [0.29, 0.717) is 17.5 Å². The summed E-state index contributed by atoms with van der Waals surface area (Å²) in [6, 6.07) is 76.7. The van der Waals surface area contributed by atoms with Crippen LogP contribution in [0, 0.1) is 0 Å². The van der Waals surface area contributed by atoms with Crippen molar-refractivity contribution in [1.29, 1.82) is 0 Å². The summed E-state index contributed by atoms with van der Waals surface area (Å²) in [6.45, 7) is 0. The third-order valence-electron chi connectivity index (χ3n) is 13.9. The van der Waals surface area contributed by atoms with Crippen molar-refractivity contribution in [3.8, 4) is 62.1 Å². The molecule has 70 heavy (non-hydrogen) atoms. The predicted octanol–water partition coefficient (Wildman–Crippen LogP) is 17.5. The minimum absolute atomic E-state index is 0.552. The van der Waals surface area contributed by atoms with Crippen molar-refractivity contribution in [2.45, 2.75) is 0 Å². The van der Waals surface area contributed by atoms with Gasteiger partial charge in [-0.2, -0.15) is 0 Å². The first-order valence-electron chi connectivity index (χ1n) is 23.4. The number of nitrogens with zero attached hydrogens (tertiary/aromatic N) is 4. The Morgan fingerprint density at radius 3 is 1.76 bits per heavy atom. The van der Waals surface area contributed by atoms with Gasteiger partial charge >= 0.3 is 0 Å². The summed E-state index contributed by atoms with van der Waals surface area (Å²) < 4.78 is 18.2. The largest absolute Gasteiger partial charge is 0.456 e. The van der Waals surface area contributed by atoms with E-state index >= 15 is 0 Å². The molecule has 326 valence electrons. The van der Waals surface area contributed by atoms with Crippen LogP contribution in [0.25, 0.3) is 148 Å². The lowest BCUT2D eigenvalue weighted by Crippen LogP contribution is -2.00.